The monoisotopic (exact) mass is 499 g/mol. The van der Waals surface area contributed by atoms with Crippen molar-refractivity contribution in [3.8, 4) is 11.6 Å². The van der Waals surface area contributed by atoms with Gasteiger partial charge >= 0.3 is 0 Å². The number of carbonyl (C=O) groups excluding carboxylic acids is 1. The maximum Gasteiger partial charge on any atom is 0.269 e. The molecular formula is C24H22ClN3O3S2. The van der Waals surface area contributed by atoms with Gasteiger partial charge in [0, 0.05) is 17.3 Å². The van der Waals surface area contributed by atoms with Crippen LogP contribution >= 0.6 is 35.6 Å². The summed E-state index contributed by atoms with van der Waals surface area (Å²) in [5, 5.41) is 0.610. The van der Waals surface area contributed by atoms with Crippen molar-refractivity contribution >= 4 is 57.5 Å². The second-order valence-corrected chi connectivity index (χ2v) is 9.93. The van der Waals surface area contributed by atoms with Crippen molar-refractivity contribution < 1.29 is 9.53 Å². The van der Waals surface area contributed by atoms with Crippen molar-refractivity contribution in [1.29, 1.82) is 0 Å². The van der Waals surface area contributed by atoms with E-state index in [0.29, 0.717) is 25.6 Å². The minimum atomic E-state index is -0.335. The molecule has 1 aliphatic rings. The zero-order valence-corrected chi connectivity index (χ0v) is 21.0. The second-order valence-electron chi connectivity index (χ2n) is 7.84. The van der Waals surface area contributed by atoms with Crippen LogP contribution in [0.4, 0.5) is 0 Å². The van der Waals surface area contributed by atoms with E-state index in [9.17, 15) is 9.59 Å². The number of aryl methyl sites for hydroxylation is 2. The minimum Gasteiger partial charge on any atom is -0.438 e. The predicted octanol–water partition coefficient (Wildman–Crippen LogP) is 5.76. The van der Waals surface area contributed by atoms with Gasteiger partial charge in [-0.15, -0.1) is 0 Å². The Morgan fingerprint density at radius 2 is 2.00 bits per heavy atom. The molecule has 0 aliphatic carbocycles. The Kier molecular flexibility index (Phi) is 6.61. The molecule has 1 aliphatic heterocycles. The SMILES string of the molecule is CCC(C)N1C(=O)/C(=C\c2c(Oc3ccc(Cl)c(C)c3)nc3c(C)cccn3c2=O)SC1=S. The number of benzene rings is 1. The summed E-state index contributed by atoms with van der Waals surface area (Å²) in [7, 11) is 0. The number of fused-ring (bicyclic) bond motifs is 1. The van der Waals surface area contributed by atoms with Crippen molar-refractivity contribution in [2.45, 2.75) is 40.2 Å². The number of thiocarbonyl (C=S) groups is 1. The largest absolute Gasteiger partial charge is 0.438 e. The zero-order valence-electron chi connectivity index (χ0n) is 18.6. The number of amides is 1. The van der Waals surface area contributed by atoms with Gasteiger partial charge in [0.2, 0.25) is 5.88 Å². The summed E-state index contributed by atoms with van der Waals surface area (Å²) in [4.78, 5) is 33.1. The van der Waals surface area contributed by atoms with E-state index >= 15 is 0 Å². The van der Waals surface area contributed by atoms with Gasteiger partial charge in [0.1, 0.15) is 21.3 Å². The molecule has 1 saturated heterocycles. The summed E-state index contributed by atoms with van der Waals surface area (Å²) in [6.07, 6.45) is 3.95. The Balaban J connectivity index is 1.88. The van der Waals surface area contributed by atoms with Gasteiger partial charge in [0.05, 0.1) is 4.91 Å². The van der Waals surface area contributed by atoms with Gasteiger partial charge in [0.25, 0.3) is 11.5 Å². The first kappa shape index (κ1) is 23.5. The fourth-order valence-electron chi connectivity index (χ4n) is 3.46. The molecule has 1 amide bonds. The first-order valence-electron chi connectivity index (χ1n) is 10.4. The molecule has 9 heteroatoms. The summed E-state index contributed by atoms with van der Waals surface area (Å²) in [6, 6.07) is 8.83. The number of hydrogen-bond donors (Lipinski definition) is 0. The first-order valence-corrected chi connectivity index (χ1v) is 12.0. The number of pyridine rings is 1. The maximum atomic E-state index is 13.5. The van der Waals surface area contributed by atoms with E-state index < -0.39 is 0 Å². The number of nitrogens with zero attached hydrogens (tertiary/aromatic N) is 3. The fourth-order valence-corrected chi connectivity index (χ4v) is 5.02. The molecular weight excluding hydrogens is 478 g/mol. The van der Waals surface area contributed by atoms with E-state index in [2.05, 4.69) is 4.98 Å². The third kappa shape index (κ3) is 4.43. The summed E-state index contributed by atoms with van der Waals surface area (Å²) < 4.78 is 7.99. The molecule has 0 saturated carbocycles. The lowest BCUT2D eigenvalue weighted by Crippen LogP contribution is -2.36. The lowest BCUT2D eigenvalue weighted by molar-refractivity contribution is -0.123. The maximum absolute atomic E-state index is 13.5. The van der Waals surface area contributed by atoms with Crippen LogP contribution in [0.5, 0.6) is 11.6 Å². The van der Waals surface area contributed by atoms with Crippen LogP contribution in [0.15, 0.2) is 46.2 Å². The van der Waals surface area contributed by atoms with E-state index in [4.69, 9.17) is 28.6 Å². The molecule has 2 aromatic heterocycles. The van der Waals surface area contributed by atoms with Gasteiger partial charge < -0.3 is 4.74 Å². The smallest absolute Gasteiger partial charge is 0.269 e. The zero-order chi connectivity index (χ0) is 23.9. The normalized spacial score (nSPS) is 16.2. The number of hydrogen-bond acceptors (Lipinski definition) is 6. The molecule has 0 radical (unpaired) electrons. The standard InChI is InChI=1S/C24H22ClN3O3S2/c1-5-15(4)28-23(30)19(33-24(28)32)12-17-21(31-16-8-9-18(25)14(3)11-16)26-20-13(2)7-6-10-27(20)22(17)29/h6-12,15H,5H2,1-4H3/b19-12+. The Labute approximate surface area is 206 Å². The van der Waals surface area contributed by atoms with Crippen molar-refractivity contribution in [1.82, 2.24) is 14.3 Å². The quantitative estimate of drug-likeness (QED) is 0.328. The topological polar surface area (TPSA) is 63.9 Å². The molecule has 170 valence electrons. The number of rotatable bonds is 5. The Morgan fingerprint density at radius 3 is 2.70 bits per heavy atom. The second kappa shape index (κ2) is 9.29. The highest BCUT2D eigenvalue weighted by Crippen LogP contribution is 2.36. The van der Waals surface area contributed by atoms with Crippen molar-refractivity contribution in [3.05, 3.63) is 73.5 Å². The van der Waals surface area contributed by atoms with E-state index in [1.165, 1.54) is 22.2 Å². The van der Waals surface area contributed by atoms with E-state index in [1.807, 2.05) is 33.8 Å². The molecule has 0 spiro atoms. The van der Waals surface area contributed by atoms with E-state index in [0.717, 1.165) is 17.5 Å². The van der Waals surface area contributed by atoms with Gasteiger partial charge in [-0.25, -0.2) is 0 Å². The van der Waals surface area contributed by atoms with Gasteiger partial charge in [0.15, 0.2) is 0 Å². The van der Waals surface area contributed by atoms with Gasteiger partial charge in [-0.05, 0) is 68.7 Å². The summed E-state index contributed by atoms with van der Waals surface area (Å²) in [6.45, 7) is 7.67. The lowest BCUT2D eigenvalue weighted by Gasteiger charge is -2.21. The molecule has 0 bridgehead atoms. The molecule has 1 aromatic carbocycles. The van der Waals surface area contributed by atoms with E-state index in [1.54, 1.807) is 35.4 Å². The van der Waals surface area contributed by atoms with Crippen LogP contribution in [0.2, 0.25) is 5.02 Å². The molecule has 3 aromatic rings. The summed E-state index contributed by atoms with van der Waals surface area (Å²) in [5.41, 5.74) is 1.97. The lowest BCUT2D eigenvalue weighted by atomic mass is 10.2. The van der Waals surface area contributed by atoms with Gasteiger partial charge in [-0.1, -0.05) is 48.6 Å². The summed E-state index contributed by atoms with van der Waals surface area (Å²) >= 11 is 12.7. The highest BCUT2D eigenvalue weighted by molar-refractivity contribution is 8.26. The van der Waals surface area contributed by atoms with Crippen molar-refractivity contribution in [2.24, 2.45) is 0 Å². The number of carbonyl (C=O) groups is 1. The predicted molar refractivity (Wildman–Crippen MR) is 137 cm³/mol. The third-order valence-electron chi connectivity index (χ3n) is 5.52. The average molecular weight is 500 g/mol. The molecule has 1 unspecified atom stereocenters. The Bertz CT molecular complexity index is 1380. The molecule has 6 nitrogen and oxygen atoms in total. The first-order chi connectivity index (χ1) is 15.7. The molecule has 4 rings (SSSR count). The van der Waals surface area contributed by atoms with Crippen molar-refractivity contribution in [2.75, 3.05) is 0 Å². The molecule has 0 N–H and O–H groups in total. The number of thioether (sulfide) groups is 1. The highest BCUT2D eigenvalue weighted by Gasteiger charge is 2.35. The van der Waals surface area contributed by atoms with Gasteiger partial charge in [-0.2, -0.15) is 4.98 Å². The number of aromatic nitrogens is 2. The van der Waals surface area contributed by atoms with Crippen LogP contribution in [0.25, 0.3) is 11.7 Å². The van der Waals surface area contributed by atoms with Crippen molar-refractivity contribution in [3.63, 3.8) is 0 Å². The molecule has 1 fully saturated rings. The molecule has 33 heavy (non-hydrogen) atoms. The molecule has 3 heterocycles. The fraction of sp³-hybridized carbons (Fsp3) is 0.250. The van der Waals surface area contributed by atoms with Crippen LogP contribution in [-0.2, 0) is 4.79 Å². The Hall–Kier alpha value is -2.68. The number of halogens is 1. The van der Waals surface area contributed by atoms with Crippen LogP contribution < -0.4 is 10.3 Å². The Morgan fingerprint density at radius 1 is 1.24 bits per heavy atom. The van der Waals surface area contributed by atoms with E-state index in [-0.39, 0.29) is 29.0 Å². The van der Waals surface area contributed by atoms with Crippen LogP contribution in [0, 0.1) is 13.8 Å². The van der Waals surface area contributed by atoms with Crippen LogP contribution in [0.1, 0.15) is 37.0 Å². The highest BCUT2D eigenvalue weighted by atomic mass is 35.5. The molecule has 1 atom stereocenters. The average Bonchev–Trinajstić information content (AvgIpc) is 3.06. The minimum absolute atomic E-state index is 0.0327. The van der Waals surface area contributed by atoms with Gasteiger partial charge in [-0.3, -0.25) is 18.9 Å². The summed E-state index contributed by atoms with van der Waals surface area (Å²) in [5.74, 6) is 0.384. The number of ether oxygens (including phenoxy) is 1. The van der Waals surface area contributed by atoms with Crippen LogP contribution in [0.3, 0.4) is 0 Å². The van der Waals surface area contributed by atoms with Crippen LogP contribution in [-0.4, -0.2) is 30.6 Å². The third-order valence-corrected chi connectivity index (χ3v) is 7.28.